The molecule has 0 spiro atoms. The van der Waals surface area contributed by atoms with Gasteiger partial charge < -0.3 is 20.3 Å². The van der Waals surface area contributed by atoms with E-state index in [4.69, 9.17) is 4.74 Å². The number of aliphatic hydroxyl groups is 1. The molecule has 0 aromatic heterocycles. The number of carboxylic acid groups (broad SMARTS) is 1. The van der Waals surface area contributed by atoms with Gasteiger partial charge in [0.1, 0.15) is 6.10 Å². The maximum atomic E-state index is 13.6. The molecule has 7 aliphatic rings. The molecule has 6 aliphatic carbocycles. The zero-order valence-electron chi connectivity index (χ0n) is 36.0. The second-order valence-electron chi connectivity index (χ2n) is 22.5. The van der Waals surface area contributed by atoms with E-state index < -0.39 is 33.2 Å². The summed E-state index contributed by atoms with van der Waals surface area (Å²) in [6.07, 6.45) is 11.2. The maximum absolute atomic E-state index is 13.6. The highest BCUT2D eigenvalue weighted by Crippen LogP contribution is 2.76. The van der Waals surface area contributed by atoms with Crippen LogP contribution in [0.3, 0.4) is 0 Å². The normalized spacial score (nSPS) is 46.9. The van der Waals surface area contributed by atoms with E-state index in [2.05, 4.69) is 58.7 Å². The third-order valence-electron chi connectivity index (χ3n) is 19.5. The number of aliphatic hydroxyl groups excluding tert-OH is 1. The summed E-state index contributed by atoms with van der Waals surface area (Å²) in [5.74, 6) is 2.01. The number of carboxylic acids is 1. The molecule has 14 atom stereocenters. The summed E-state index contributed by atoms with van der Waals surface area (Å²) >= 11 is 0. The Morgan fingerprint density at radius 3 is 2.07 bits per heavy atom. The average Bonchev–Trinajstić information content (AvgIpc) is 3.46. The first-order valence-corrected chi connectivity index (χ1v) is 24.1. The number of hydrogen-bond acceptors (Lipinski definition) is 8. The first-order valence-electron chi connectivity index (χ1n) is 22.3. The molecule has 10 heteroatoms. The van der Waals surface area contributed by atoms with Crippen molar-refractivity contribution in [3.05, 3.63) is 0 Å². The van der Waals surface area contributed by atoms with E-state index in [1.807, 2.05) is 20.8 Å². The van der Waals surface area contributed by atoms with Crippen LogP contribution in [0, 0.1) is 74.4 Å². The van der Waals surface area contributed by atoms with Crippen molar-refractivity contribution >= 4 is 21.8 Å². The van der Waals surface area contributed by atoms with Gasteiger partial charge in [-0.15, -0.1) is 0 Å². The van der Waals surface area contributed by atoms with Gasteiger partial charge in [0.15, 0.2) is 9.84 Å². The summed E-state index contributed by atoms with van der Waals surface area (Å²) in [6, 6.07) is -0.0972. The molecule has 3 N–H and O–H groups in total. The molecule has 2 unspecified atom stereocenters. The molecule has 0 bridgehead atoms. The van der Waals surface area contributed by atoms with Crippen LogP contribution >= 0.6 is 0 Å². The van der Waals surface area contributed by atoms with Gasteiger partial charge >= 0.3 is 11.9 Å². The van der Waals surface area contributed by atoms with Crippen molar-refractivity contribution in [1.82, 2.24) is 10.2 Å². The van der Waals surface area contributed by atoms with Gasteiger partial charge in [-0.05, 0) is 135 Å². The highest BCUT2D eigenvalue weighted by molar-refractivity contribution is 7.91. The zero-order valence-corrected chi connectivity index (χ0v) is 36.8. The lowest BCUT2D eigenvalue weighted by atomic mass is 9.32. The summed E-state index contributed by atoms with van der Waals surface area (Å²) in [7, 11) is -2.99. The van der Waals surface area contributed by atoms with E-state index in [-0.39, 0.29) is 62.7 Å². The topological polar surface area (TPSA) is 133 Å². The minimum absolute atomic E-state index is 0.0435. The number of nitrogens with zero attached hydrogens (tertiary/aromatic N) is 1. The first-order chi connectivity index (χ1) is 25.5. The summed E-state index contributed by atoms with van der Waals surface area (Å²) < 4.78 is 31.0. The van der Waals surface area contributed by atoms with Gasteiger partial charge in [-0.3, -0.25) is 14.5 Å². The number of sulfone groups is 1. The lowest BCUT2D eigenvalue weighted by Crippen LogP contribution is -2.69. The molecule has 0 aromatic carbocycles. The third-order valence-corrected chi connectivity index (χ3v) is 21.1. The predicted octanol–water partition coefficient (Wildman–Crippen LogP) is 7.20. The second-order valence-corrected chi connectivity index (χ2v) is 24.8. The number of carbonyl (C=O) groups is 2. The number of fused-ring (bicyclic) bond motifs is 7. The molecule has 1 saturated heterocycles. The summed E-state index contributed by atoms with van der Waals surface area (Å²) in [5, 5.41) is 24.9. The molecule has 7 rings (SSSR count). The van der Waals surface area contributed by atoms with Crippen molar-refractivity contribution in [1.29, 1.82) is 0 Å². The van der Waals surface area contributed by atoms with Crippen molar-refractivity contribution in [3.8, 4) is 0 Å². The molecular weight excluding hydrogens is 713 g/mol. The summed E-state index contributed by atoms with van der Waals surface area (Å²) in [5.41, 5.74) is -0.131. The van der Waals surface area contributed by atoms with Crippen LogP contribution in [0.4, 0.5) is 0 Å². The monoisotopic (exact) mass is 789 g/mol. The minimum Gasteiger partial charge on any atom is -0.481 e. The van der Waals surface area contributed by atoms with Crippen LogP contribution < -0.4 is 5.32 Å². The summed E-state index contributed by atoms with van der Waals surface area (Å²) in [6.45, 7) is 24.9. The second kappa shape index (κ2) is 13.9. The maximum Gasteiger partial charge on any atom is 0.309 e. The molecule has 55 heavy (non-hydrogen) atoms. The van der Waals surface area contributed by atoms with Gasteiger partial charge in [-0.1, -0.05) is 62.3 Å². The fraction of sp³-hybridized carbons (Fsp3) is 0.956. The van der Waals surface area contributed by atoms with Gasteiger partial charge in [0.25, 0.3) is 0 Å². The number of ether oxygens (including phenoxy) is 1. The SMILES string of the molecule is CC(O)C(CN[C@]12CC[C@@H](C(C)C)[C@@H]1[C@H]1CC[C@@H]3[C@@]4(C)CC[C@H](OC(=O)[C@@H]5C[C@H](C(=O)O)C5(C)C)C(C)(C)[C@@H]4CC[C@@]3(C)[C@]1(C)CC2)N1CCS(=O)(=O)CC1. The zero-order chi connectivity index (χ0) is 40.3. The Morgan fingerprint density at radius 1 is 0.800 bits per heavy atom. The Labute approximate surface area is 333 Å². The van der Waals surface area contributed by atoms with Crippen LogP contribution in [-0.2, 0) is 24.2 Å². The Bertz CT molecular complexity index is 1600. The average molecular weight is 789 g/mol. The number of nitrogens with one attached hydrogen (secondary N) is 1. The lowest BCUT2D eigenvalue weighted by molar-refractivity contribution is -0.249. The third kappa shape index (κ3) is 6.40. The fourth-order valence-corrected chi connectivity index (χ4v) is 17.1. The summed E-state index contributed by atoms with van der Waals surface area (Å²) in [4.78, 5) is 27.6. The van der Waals surface area contributed by atoms with E-state index >= 15 is 0 Å². The smallest absolute Gasteiger partial charge is 0.309 e. The van der Waals surface area contributed by atoms with E-state index in [9.17, 15) is 28.2 Å². The minimum atomic E-state index is -2.99. The van der Waals surface area contributed by atoms with Crippen LogP contribution in [-0.4, -0.2) is 90.4 Å². The van der Waals surface area contributed by atoms with Gasteiger partial charge in [-0.25, -0.2) is 8.42 Å². The van der Waals surface area contributed by atoms with E-state index in [0.29, 0.717) is 61.6 Å². The van der Waals surface area contributed by atoms with Crippen LogP contribution in [0.25, 0.3) is 0 Å². The van der Waals surface area contributed by atoms with Gasteiger partial charge in [0.2, 0.25) is 0 Å². The van der Waals surface area contributed by atoms with Crippen LogP contribution in [0.5, 0.6) is 0 Å². The molecule has 0 radical (unpaired) electrons. The lowest BCUT2D eigenvalue weighted by Gasteiger charge is -2.73. The van der Waals surface area contributed by atoms with Crippen molar-refractivity contribution in [2.75, 3.05) is 31.1 Å². The highest BCUT2D eigenvalue weighted by atomic mass is 32.2. The predicted molar refractivity (Wildman–Crippen MR) is 216 cm³/mol. The quantitative estimate of drug-likeness (QED) is 0.208. The molecule has 6 saturated carbocycles. The number of hydrogen-bond donors (Lipinski definition) is 3. The van der Waals surface area contributed by atoms with E-state index in [1.165, 1.54) is 38.5 Å². The Hall–Kier alpha value is -1.23. The molecule has 9 nitrogen and oxygen atoms in total. The Balaban J connectivity index is 1.10. The largest absolute Gasteiger partial charge is 0.481 e. The highest BCUT2D eigenvalue weighted by Gasteiger charge is 2.71. The van der Waals surface area contributed by atoms with E-state index in [1.54, 1.807) is 0 Å². The molecule has 1 heterocycles. The van der Waals surface area contributed by atoms with Crippen LogP contribution in [0.1, 0.15) is 140 Å². The fourth-order valence-electron chi connectivity index (χ4n) is 15.8. The molecule has 0 amide bonds. The van der Waals surface area contributed by atoms with Crippen molar-refractivity contribution in [3.63, 3.8) is 0 Å². The van der Waals surface area contributed by atoms with Gasteiger partial charge in [-0.2, -0.15) is 0 Å². The van der Waals surface area contributed by atoms with Gasteiger partial charge in [0.05, 0.1) is 29.4 Å². The van der Waals surface area contributed by atoms with Crippen molar-refractivity contribution in [2.45, 2.75) is 164 Å². The first kappa shape index (κ1) is 41.9. The Kier molecular flexibility index (Phi) is 10.6. The molecular formula is C45H76N2O7S. The van der Waals surface area contributed by atoms with Crippen LogP contribution in [0.2, 0.25) is 0 Å². The van der Waals surface area contributed by atoms with Crippen molar-refractivity contribution in [2.24, 2.45) is 74.4 Å². The molecule has 7 fully saturated rings. The van der Waals surface area contributed by atoms with Crippen LogP contribution in [0.15, 0.2) is 0 Å². The number of aliphatic carboxylic acids is 1. The Morgan fingerprint density at radius 2 is 1.47 bits per heavy atom. The molecule has 0 aromatic rings. The number of carbonyl (C=O) groups excluding carboxylic acids is 1. The molecule has 314 valence electrons. The van der Waals surface area contributed by atoms with E-state index in [0.717, 1.165) is 25.7 Å². The standard InChI is InChI=1S/C45H76N2O7S/c1-27(2)29-13-18-45(46-26-33(28(3)48)47-21-23-55(52,53)24-22-47)20-19-43(9)30(37(29)45)11-12-35-42(8)16-15-36(41(6,7)34(42)14-17-44(35,43)10)54-39(51)32-25-31(38(49)50)40(32,4)5/h27-37,46,48H,11-26H2,1-10H3,(H,49,50)/t28?,29-,30+,31+,32-,33?,34-,35+,36-,37+,42-,43+,44+,45-/m0/s1. The number of esters is 1. The van der Waals surface area contributed by atoms with Gasteiger partial charge in [0, 0.05) is 36.6 Å². The van der Waals surface area contributed by atoms with Crippen molar-refractivity contribution < 1.29 is 33.0 Å². The number of rotatable bonds is 9. The molecule has 1 aliphatic heterocycles.